The molecule has 0 aliphatic carbocycles. The van der Waals surface area contributed by atoms with Gasteiger partial charge in [0.15, 0.2) is 0 Å². The maximum absolute atomic E-state index is 12.1. The summed E-state index contributed by atoms with van der Waals surface area (Å²) < 4.78 is 15.6. The Morgan fingerprint density at radius 1 is 1.00 bits per heavy atom. The molecular formula is C16H12O7. The van der Waals surface area contributed by atoms with Gasteiger partial charge in [-0.1, -0.05) is 0 Å². The highest BCUT2D eigenvalue weighted by atomic mass is 16.6. The summed E-state index contributed by atoms with van der Waals surface area (Å²) in [6.45, 7) is 0. The zero-order chi connectivity index (χ0) is 16.6. The molecule has 1 heterocycles. The standard InChI is InChI=1S/C16H12O7/c1-21-9-2-4-10(5-3-9)22-16-15(20)14(19)13-11(18)6-8(17)7-12(13)23-16/h2-7,17-18,20H,1H3. The van der Waals surface area contributed by atoms with Crippen molar-refractivity contribution in [3.63, 3.8) is 0 Å². The third-order valence-electron chi connectivity index (χ3n) is 3.17. The van der Waals surface area contributed by atoms with Gasteiger partial charge in [0, 0.05) is 12.1 Å². The first-order valence-electron chi connectivity index (χ1n) is 6.53. The fraction of sp³-hybridized carbons (Fsp3) is 0.0625. The van der Waals surface area contributed by atoms with Crippen LogP contribution >= 0.6 is 0 Å². The van der Waals surface area contributed by atoms with Crippen LogP contribution in [0.4, 0.5) is 0 Å². The van der Waals surface area contributed by atoms with E-state index in [1.807, 2.05) is 0 Å². The summed E-state index contributed by atoms with van der Waals surface area (Å²) in [6.07, 6.45) is 0. The Balaban J connectivity index is 2.10. The van der Waals surface area contributed by atoms with Crippen LogP contribution in [0.15, 0.2) is 45.6 Å². The summed E-state index contributed by atoms with van der Waals surface area (Å²) in [7, 11) is 1.52. The van der Waals surface area contributed by atoms with Crippen LogP contribution in [0, 0.1) is 0 Å². The molecule has 7 heteroatoms. The summed E-state index contributed by atoms with van der Waals surface area (Å²) >= 11 is 0. The molecule has 0 unspecified atom stereocenters. The van der Waals surface area contributed by atoms with Crippen molar-refractivity contribution in [3.8, 4) is 34.7 Å². The molecule has 0 fully saturated rings. The first-order valence-corrected chi connectivity index (χ1v) is 6.53. The van der Waals surface area contributed by atoms with Gasteiger partial charge in [-0.2, -0.15) is 0 Å². The Labute approximate surface area is 129 Å². The summed E-state index contributed by atoms with van der Waals surface area (Å²) in [5, 5.41) is 28.9. The minimum Gasteiger partial charge on any atom is -0.508 e. The van der Waals surface area contributed by atoms with E-state index in [0.29, 0.717) is 11.5 Å². The molecule has 3 N–H and O–H groups in total. The van der Waals surface area contributed by atoms with Crippen LogP contribution in [0.5, 0.6) is 34.7 Å². The van der Waals surface area contributed by atoms with Gasteiger partial charge in [0.1, 0.15) is 34.0 Å². The third-order valence-corrected chi connectivity index (χ3v) is 3.17. The summed E-state index contributed by atoms with van der Waals surface area (Å²) in [5.74, 6) is -1.12. The largest absolute Gasteiger partial charge is 0.508 e. The van der Waals surface area contributed by atoms with E-state index in [-0.39, 0.29) is 16.7 Å². The lowest BCUT2D eigenvalue weighted by atomic mass is 10.2. The minimum atomic E-state index is -0.868. The van der Waals surface area contributed by atoms with Crippen LogP contribution in [-0.2, 0) is 0 Å². The van der Waals surface area contributed by atoms with E-state index in [0.717, 1.165) is 12.1 Å². The van der Waals surface area contributed by atoms with Gasteiger partial charge in [-0.15, -0.1) is 0 Å². The molecule has 1 aromatic heterocycles. The molecule has 23 heavy (non-hydrogen) atoms. The molecule has 0 aliphatic heterocycles. The Morgan fingerprint density at radius 3 is 2.30 bits per heavy atom. The van der Waals surface area contributed by atoms with E-state index in [1.54, 1.807) is 24.3 Å². The first kappa shape index (κ1) is 14.6. The molecule has 3 rings (SSSR count). The third kappa shape index (κ3) is 2.59. The Kier molecular flexibility index (Phi) is 3.46. The van der Waals surface area contributed by atoms with Crippen LogP contribution in [-0.4, -0.2) is 22.4 Å². The maximum Gasteiger partial charge on any atom is 0.338 e. The average Bonchev–Trinajstić information content (AvgIpc) is 2.52. The number of phenols is 2. The van der Waals surface area contributed by atoms with Crippen molar-refractivity contribution in [3.05, 3.63) is 46.6 Å². The Hall–Kier alpha value is -3.35. The van der Waals surface area contributed by atoms with Crippen molar-refractivity contribution in [2.75, 3.05) is 7.11 Å². The summed E-state index contributed by atoms with van der Waals surface area (Å²) in [5.41, 5.74) is -0.985. The number of aromatic hydroxyl groups is 3. The van der Waals surface area contributed by atoms with E-state index < -0.39 is 22.9 Å². The highest BCUT2D eigenvalue weighted by Gasteiger charge is 2.19. The van der Waals surface area contributed by atoms with E-state index >= 15 is 0 Å². The molecule has 0 radical (unpaired) electrons. The van der Waals surface area contributed by atoms with Gasteiger partial charge in [-0.3, -0.25) is 4.79 Å². The van der Waals surface area contributed by atoms with E-state index in [2.05, 4.69) is 0 Å². The number of methoxy groups -OCH3 is 1. The Bertz CT molecular complexity index is 926. The van der Waals surface area contributed by atoms with Gasteiger partial charge in [-0.05, 0) is 24.3 Å². The highest BCUT2D eigenvalue weighted by molar-refractivity contribution is 5.86. The van der Waals surface area contributed by atoms with Gasteiger partial charge in [0.25, 0.3) is 0 Å². The lowest BCUT2D eigenvalue weighted by molar-refractivity contribution is 0.314. The number of rotatable bonds is 3. The van der Waals surface area contributed by atoms with Crippen LogP contribution in [0.25, 0.3) is 11.0 Å². The van der Waals surface area contributed by atoms with Crippen molar-refractivity contribution >= 4 is 11.0 Å². The molecule has 0 amide bonds. The van der Waals surface area contributed by atoms with Crippen LogP contribution in [0.2, 0.25) is 0 Å². The van der Waals surface area contributed by atoms with Crippen molar-refractivity contribution in [1.82, 2.24) is 0 Å². The van der Waals surface area contributed by atoms with Crippen molar-refractivity contribution in [2.45, 2.75) is 0 Å². The lowest BCUT2D eigenvalue weighted by Gasteiger charge is -2.09. The molecule has 0 saturated carbocycles. The normalized spacial score (nSPS) is 10.7. The zero-order valence-electron chi connectivity index (χ0n) is 11.9. The molecule has 3 aromatic rings. The van der Waals surface area contributed by atoms with E-state index in [4.69, 9.17) is 13.9 Å². The molecule has 0 saturated heterocycles. The second-order valence-corrected chi connectivity index (χ2v) is 4.68. The maximum atomic E-state index is 12.1. The smallest absolute Gasteiger partial charge is 0.338 e. The fourth-order valence-corrected chi connectivity index (χ4v) is 2.07. The van der Waals surface area contributed by atoms with Crippen molar-refractivity contribution in [2.24, 2.45) is 0 Å². The Morgan fingerprint density at radius 2 is 1.65 bits per heavy atom. The van der Waals surface area contributed by atoms with Gasteiger partial charge in [0.2, 0.25) is 11.2 Å². The molecule has 7 nitrogen and oxygen atoms in total. The monoisotopic (exact) mass is 316 g/mol. The minimum absolute atomic E-state index is 0.117. The first-order chi connectivity index (χ1) is 11.0. The van der Waals surface area contributed by atoms with E-state index in [9.17, 15) is 20.1 Å². The number of fused-ring (bicyclic) bond motifs is 1. The molecule has 0 atom stereocenters. The van der Waals surface area contributed by atoms with Gasteiger partial charge in [-0.25, -0.2) is 0 Å². The topological polar surface area (TPSA) is 109 Å². The van der Waals surface area contributed by atoms with E-state index in [1.165, 1.54) is 7.11 Å². The highest BCUT2D eigenvalue weighted by Crippen LogP contribution is 2.36. The quantitative estimate of drug-likeness (QED) is 0.681. The number of ether oxygens (including phenoxy) is 2. The number of benzene rings is 2. The SMILES string of the molecule is COc1ccc(Oc2oc3cc(O)cc(O)c3c(=O)c2O)cc1. The molecule has 2 aromatic carbocycles. The molecule has 0 spiro atoms. The average molecular weight is 316 g/mol. The molecule has 118 valence electrons. The number of phenolic OH excluding ortho intramolecular Hbond substituents is 2. The number of hydrogen-bond acceptors (Lipinski definition) is 7. The predicted octanol–water partition coefficient (Wildman–Crippen LogP) is 2.71. The summed E-state index contributed by atoms with van der Waals surface area (Å²) in [6, 6.07) is 8.48. The van der Waals surface area contributed by atoms with Crippen LogP contribution in [0.3, 0.4) is 0 Å². The molecular weight excluding hydrogens is 304 g/mol. The molecule has 0 aliphatic rings. The number of hydrogen-bond donors (Lipinski definition) is 3. The van der Waals surface area contributed by atoms with Crippen LogP contribution in [0.1, 0.15) is 0 Å². The summed E-state index contributed by atoms with van der Waals surface area (Å²) in [4.78, 5) is 12.1. The second-order valence-electron chi connectivity index (χ2n) is 4.68. The van der Waals surface area contributed by atoms with Gasteiger partial charge >= 0.3 is 5.95 Å². The zero-order valence-corrected chi connectivity index (χ0v) is 11.9. The second kappa shape index (κ2) is 5.45. The lowest BCUT2D eigenvalue weighted by Crippen LogP contribution is -2.03. The van der Waals surface area contributed by atoms with Crippen LogP contribution < -0.4 is 14.9 Å². The van der Waals surface area contributed by atoms with Gasteiger partial charge in [0.05, 0.1) is 7.11 Å². The van der Waals surface area contributed by atoms with Crippen molar-refractivity contribution < 1.29 is 29.2 Å². The fourth-order valence-electron chi connectivity index (χ4n) is 2.07. The van der Waals surface area contributed by atoms with Crippen molar-refractivity contribution in [1.29, 1.82) is 0 Å². The molecule has 0 bridgehead atoms. The van der Waals surface area contributed by atoms with Gasteiger partial charge < -0.3 is 29.2 Å². The predicted molar refractivity (Wildman–Crippen MR) is 80.5 cm³/mol.